The third kappa shape index (κ3) is 4.66. The van der Waals surface area contributed by atoms with Crippen LogP contribution in [0.5, 0.6) is 5.75 Å². The average Bonchev–Trinajstić information content (AvgIpc) is 2.95. The van der Waals surface area contributed by atoms with Crippen molar-refractivity contribution in [3.63, 3.8) is 0 Å². The van der Waals surface area contributed by atoms with Gasteiger partial charge in [-0.15, -0.1) is 0 Å². The second-order valence-corrected chi connectivity index (χ2v) is 7.08. The van der Waals surface area contributed by atoms with Crippen LogP contribution in [0.1, 0.15) is 21.7 Å². The van der Waals surface area contributed by atoms with Crippen molar-refractivity contribution in [1.82, 2.24) is 9.55 Å². The molecule has 0 atom stereocenters. The maximum absolute atomic E-state index is 13.0. The zero-order valence-corrected chi connectivity index (χ0v) is 16.6. The van der Waals surface area contributed by atoms with Gasteiger partial charge in [0, 0.05) is 5.56 Å². The van der Waals surface area contributed by atoms with Crippen LogP contribution in [-0.4, -0.2) is 33.7 Å². The molecule has 3 aromatic rings. The molecule has 0 saturated heterocycles. The Morgan fingerprint density at radius 1 is 1.21 bits per heavy atom. The molecule has 3 rings (SSSR count). The van der Waals surface area contributed by atoms with Crippen LogP contribution in [0.25, 0.3) is 11.0 Å². The lowest BCUT2D eigenvalue weighted by atomic mass is 10.0. The minimum absolute atomic E-state index is 0.131. The van der Waals surface area contributed by atoms with E-state index in [-0.39, 0.29) is 32.5 Å². The number of nitrogens with zero attached hydrogens (tertiary/aromatic N) is 2. The number of halogens is 5. The van der Waals surface area contributed by atoms with Crippen LogP contribution in [0.2, 0.25) is 10.0 Å². The molecule has 29 heavy (non-hydrogen) atoms. The van der Waals surface area contributed by atoms with Crippen molar-refractivity contribution in [2.24, 2.45) is 0 Å². The largest absolute Gasteiger partial charge is 0.497 e. The fraction of sp³-hybridized carbons (Fsp3) is 0.263. The number of rotatable bonds is 6. The van der Waals surface area contributed by atoms with E-state index in [9.17, 15) is 23.1 Å². The van der Waals surface area contributed by atoms with Gasteiger partial charge in [-0.25, -0.2) is 4.98 Å². The van der Waals surface area contributed by atoms with Crippen molar-refractivity contribution >= 4 is 40.0 Å². The SMILES string of the molecule is COc1ccc(C(=O)Cn2c(CC(F)(F)F)nc3cc(Cl)c(Cl)cc32)c(CO)c1. The highest BCUT2D eigenvalue weighted by atomic mass is 35.5. The molecule has 5 nitrogen and oxygen atoms in total. The van der Waals surface area contributed by atoms with Gasteiger partial charge in [0.15, 0.2) is 5.78 Å². The molecule has 2 aromatic carbocycles. The van der Waals surface area contributed by atoms with E-state index in [1.54, 1.807) is 0 Å². The number of hydrogen-bond acceptors (Lipinski definition) is 4. The van der Waals surface area contributed by atoms with E-state index in [0.717, 1.165) is 0 Å². The summed E-state index contributed by atoms with van der Waals surface area (Å²) in [5.41, 5.74) is 0.931. The number of carbonyl (C=O) groups excluding carboxylic acids is 1. The smallest absolute Gasteiger partial charge is 0.396 e. The zero-order valence-electron chi connectivity index (χ0n) is 15.1. The lowest BCUT2D eigenvalue weighted by Crippen LogP contribution is -2.20. The van der Waals surface area contributed by atoms with Crippen LogP contribution in [0.15, 0.2) is 30.3 Å². The molecular weight excluding hydrogens is 432 g/mol. The van der Waals surface area contributed by atoms with Crippen molar-refractivity contribution in [2.45, 2.75) is 25.7 Å². The van der Waals surface area contributed by atoms with E-state index >= 15 is 0 Å². The molecule has 0 aliphatic rings. The van der Waals surface area contributed by atoms with Crippen LogP contribution in [0.4, 0.5) is 13.2 Å². The molecule has 154 valence electrons. The molecule has 0 radical (unpaired) electrons. The summed E-state index contributed by atoms with van der Waals surface area (Å²) < 4.78 is 45.3. The second-order valence-electron chi connectivity index (χ2n) is 6.27. The number of Topliss-reactive ketones (excluding diaryl/α,β-unsaturated/α-hetero) is 1. The molecule has 0 aliphatic heterocycles. The maximum Gasteiger partial charge on any atom is 0.396 e. The fourth-order valence-corrected chi connectivity index (χ4v) is 3.31. The molecule has 0 bridgehead atoms. The lowest BCUT2D eigenvalue weighted by Gasteiger charge is -2.13. The van der Waals surface area contributed by atoms with Gasteiger partial charge in [0.2, 0.25) is 0 Å². The molecule has 10 heteroatoms. The van der Waals surface area contributed by atoms with Gasteiger partial charge in [0.1, 0.15) is 18.0 Å². The number of aromatic nitrogens is 2. The van der Waals surface area contributed by atoms with Crippen LogP contribution in [0, 0.1) is 0 Å². The Balaban J connectivity index is 2.07. The predicted octanol–water partition coefficient (Wildman–Crippen LogP) is 4.83. The van der Waals surface area contributed by atoms with Crippen LogP contribution >= 0.6 is 23.2 Å². The van der Waals surface area contributed by atoms with Crippen LogP contribution in [0.3, 0.4) is 0 Å². The molecule has 0 spiro atoms. The zero-order chi connectivity index (χ0) is 21.3. The number of ketones is 1. The first kappa shape index (κ1) is 21.4. The number of aliphatic hydroxyl groups excluding tert-OH is 1. The van der Waals surface area contributed by atoms with Crippen molar-refractivity contribution in [2.75, 3.05) is 7.11 Å². The molecule has 0 amide bonds. The normalized spacial score (nSPS) is 11.8. The van der Waals surface area contributed by atoms with E-state index in [4.69, 9.17) is 27.9 Å². The summed E-state index contributed by atoms with van der Waals surface area (Å²) in [6.07, 6.45) is -5.84. The molecule has 1 aromatic heterocycles. The minimum atomic E-state index is -4.52. The molecular formula is C19H15Cl2F3N2O3. The summed E-state index contributed by atoms with van der Waals surface area (Å²) in [7, 11) is 1.44. The summed E-state index contributed by atoms with van der Waals surface area (Å²) in [6.45, 7) is -0.848. The summed E-state index contributed by atoms with van der Waals surface area (Å²) in [5.74, 6) is -0.387. The number of methoxy groups -OCH3 is 1. The first-order chi connectivity index (χ1) is 13.6. The van der Waals surface area contributed by atoms with Gasteiger partial charge in [-0.2, -0.15) is 13.2 Å². The number of ether oxygens (including phenoxy) is 1. The summed E-state index contributed by atoms with van der Waals surface area (Å²) in [4.78, 5) is 16.9. The highest BCUT2D eigenvalue weighted by molar-refractivity contribution is 6.42. The second kappa shape index (κ2) is 8.22. The Labute approximate surface area is 173 Å². The molecule has 0 saturated carbocycles. The standard InChI is InChI=1S/C19H15Cl2F3N2O3/c1-29-11-2-3-12(10(4-11)9-27)17(28)8-26-16-6-14(21)13(20)5-15(16)25-18(26)7-19(22,23)24/h2-6,27H,7-9H2,1H3. The number of carbonyl (C=O) groups is 1. The molecule has 0 fully saturated rings. The van der Waals surface area contributed by atoms with Gasteiger partial charge in [0.25, 0.3) is 0 Å². The molecule has 1 N–H and O–H groups in total. The maximum atomic E-state index is 13.0. The van der Waals surface area contributed by atoms with E-state index in [1.165, 1.54) is 42.0 Å². The number of alkyl halides is 3. The van der Waals surface area contributed by atoms with Gasteiger partial charge >= 0.3 is 6.18 Å². The molecule has 0 unspecified atom stereocenters. The Hall–Kier alpha value is -2.29. The molecule has 1 heterocycles. The quantitative estimate of drug-likeness (QED) is 0.550. The summed E-state index contributed by atoms with van der Waals surface area (Å²) in [6, 6.07) is 7.21. The van der Waals surface area contributed by atoms with Crippen molar-refractivity contribution in [3.8, 4) is 5.75 Å². The monoisotopic (exact) mass is 446 g/mol. The highest BCUT2D eigenvalue weighted by Crippen LogP contribution is 2.31. The Morgan fingerprint density at radius 2 is 1.90 bits per heavy atom. The Bertz CT molecular complexity index is 1080. The van der Waals surface area contributed by atoms with E-state index < -0.39 is 31.5 Å². The van der Waals surface area contributed by atoms with Gasteiger partial charge in [-0.3, -0.25) is 4.79 Å². The Morgan fingerprint density at radius 3 is 2.52 bits per heavy atom. The van der Waals surface area contributed by atoms with E-state index in [0.29, 0.717) is 11.3 Å². The van der Waals surface area contributed by atoms with Gasteiger partial charge < -0.3 is 14.4 Å². The average molecular weight is 447 g/mol. The predicted molar refractivity (Wildman–Crippen MR) is 103 cm³/mol. The highest BCUT2D eigenvalue weighted by Gasteiger charge is 2.31. The van der Waals surface area contributed by atoms with Gasteiger partial charge in [-0.1, -0.05) is 23.2 Å². The topological polar surface area (TPSA) is 64.4 Å². The summed E-state index contributed by atoms with van der Waals surface area (Å²) in [5, 5.41) is 9.83. The van der Waals surface area contributed by atoms with Crippen molar-refractivity contribution in [1.29, 1.82) is 0 Å². The number of fused-ring (bicyclic) bond motifs is 1. The number of imidazole rings is 1. The van der Waals surface area contributed by atoms with Gasteiger partial charge in [0.05, 0.1) is 41.3 Å². The minimum Gasteiger partial charge on any atom is -0.497 e. The molecule has 0 aliphatic carbocycles. The van der Waals surface area contributed by atoms with E-state index in [2.05, 4.69) is 4.98 Å². The van der Waals surface area contributed by atoms with Crippen molar-refractivity contribution in [3.05, 3.63) is 57.3 Å². The first-order valence-corrected chi connectivity index (χ1v) is 9.10. The number of benzene rings is 2. The third-order valence-corrected chi connectivity index (χ3v) is 5.03. The van der Waals surface area contributed by atoms with Gasteiger partial charge in [-0.05, 0) is 35.9 Å². The van der Waals surface area contributed by atoms with E-state index in [1.807, 2.05) is 0 Å². The first-order valence-electron chi connectivity index (χ1n) is 8.35. The third-order valence-electron chi connectivity index (χ3n) is 4.31. The number of aliphatic hydroxyl groups is 1. The Kier molecular flexibility index (Phi) is 6.07. The summed E-state index contributed by atoms with van der Waals surface area (Å²) >= 11 is 12.0. The fourth-order valence-electron chi connectivity index (χ4n) is 2.99. The van der Waals surface area contributed by atoms with Crippen LogP contribution < -0.4 is 4.74 Å². The van der Waals surface area contributed by atoms with Crippen LogP contribution in [-0.2, 0) is 19.6 Å². The lowest BCUT2D eigenvalue weighted by molar-refractivity contribution is -0.128. The number of hydrogen-bond donors (Lipinski definition) is 1. The van der Waals surface area contributed by atoms with Crippen molar-refractivity contribution < 1.29 is 27.8 Å².